The Morgan fingerprint density at radius 3 is 2.79 bits per heavy atom. The van der Waals surface area contributed by atoms with Crippen molar-refractivity contribution < 1.29 is 4.79 Å². The van der Waals surface area contributed by atoms with Crippen LogP contribution in [0.5, 0.6) is 0 Å². The van der Waals surface area contributed by atoms with E-state index in [0.29, 0.717) is 16.9 Å². The molecule has 3 rings (SSSR count). The maximum Gasteiger partial charge on any atom is 0.212 e. The molecule has 0 unspecified atom stereocenters. The van der Waals surface area contributed by atoms with Crippen molar-refractivity contribution >= 4 is 23.2 Å². The van der Waals surface area contributed by atoms with Gasteiger partial charge in [-0.1, -0.05) is 30.3 Å². The summed E-state index contributed by atoms with van der Waals surface area (Å²) in [6.07, 6.45) is 7.18. The molecule has 0 aliphatic rings. The van der Waals surface area contributed by atoms with Crippen LogP contribution in [0.15, 0.2) is 53.9 Å². The lowest BCUT2D eigenvalue weighted by Crippen LogP contribution is -2.00. The number of thioether (sulfide) groups is 1. The van der Waals surface area contributed by atoms with Gasteiger partial charge in [0.2, 0.25) is 5.78 Å². The SMILES string of the molecule is CSc1nccn2cc(C(=O)c3ccccc3)nc12. The van der Waals surface area contributed by atoms with Gasteiger partial charge >= 0.3 is 0 Å². The molecule has 94 valence electrons. The summed E-state index contributed by atoms with van der Waals surface area (Å²) in [4.78, 5) is 20.9. The second-order valence-electron chi connectivity index (χ2n) is 3.99. The highest BCUT2D eigenvalue weighted by Crippen LogP contribution is 2.19. The largest absolute Gasteiger partial charge is 0.303 e. The third-order valence-corrected chi connectivity index (χ3v) is 3.48. The highest BCUT2D eigenvalue weighted by molar-refractivity contribution is 7.98. The number of benzene rings is 1. The van der Waals surface area contributed by atoms with Gasteiger partial charge < -0.3 is 4.40 Å². The molecule has 2 heterocycles. The van der Waals surface area contributed by atoms with E-state index < -0.39 is 0 Å². The zero-order chi connectivity index (χ0) is 13.2. The smallest absolute Gasteiger partial charge is 0.212 e. The predicted molar refractivity (Wildman–Crippen MR) is 74.6 cm³/mol. The molecular weight excluding hydrogens is 258 g/mol. The third kappa shape index (κ3) is 2.13. The first-order chi connectivity index (χ1) is 9.29. The van der Waals surface area contributed by atoms with Crippen molar-refractivity contribution in [1.29, 1.82) is 0 Å². The fraction of sp³-hybridized carbons (Fsp3) is 0.0714. The minimum absolute atomic E-state index is 0.0728. The molecule has 0 saturated heterocycles. The Hall–Kier alpha value is -2.14. The van der Waals surface area contributed by atoms with E-state index in [1.54, 1.807) is 30.7 Å². The van der Waals surface area contributed by atoms with Crippen LogP contribution in [0, 0.1) is 0 Å². The van der Waals surface area contributed by atoms with Crippen molar-refractivity contribution in [2.45, 2.75) is 5.03 Å². The Labute approximate surface area is 114 Å². The summed E-state index contributed by atoms with van der Waals surface area (Å²) in [6.45, 7) is 0. The van der Waals surface area contributed by atoms with Gasteiger partial charge in [-0.25, -0.2) is 9.97 Å². The van der Waals surface area contributed by atoms with Gasteiger partial charge in [0.05, 0.1) is 0 Å². The number of ketones is 1. The summed E-state index contributed by atoms with van der Waals surface area (Å²) in [5, 5.41) is 0.814. The van der Waals surface area contributed by atoms with Gasteiger partial charge in [0.1, 0.15) is 10.7 Å². The van der Waals surface area contributed by atoms with Crippen LogP contribution < -0.4 is 0 Å². The minimum atomic E-state index is -0.0728. The monoisotopic (exact) mass is 269 g/mol. The lowest BCUT2D eigenvalue weighted by atomic mass is 10.1. The molecule has 0 radical (unpaired) electrons. The zero-order valence-corrected chi connectivity index (χ0v) is 11.1. The zero-order valence-electron chi connectivity index (χ0n) is 10.3. The van der Waals surface area contributed by atoms with E-state index in [2.05, 4.69) is 9.97 Å². The van der Waals surface area contributed by atoms with Crippen molar-refractivity contribution in [3.05, 3.63) is 60.2 Å². The topological polar surface area (TPSA) is 47.3 Å². The van der Waals surface area contributed by atoms with E-state index in [0.717, 1.165) is 5.03 Å². The molecule has 4 nitrogen and oxygen atoms in total. The van der Waals surface area contributed by atoms with Crippen molar-refractivity contribution in [3.63, 3.8) is 0 Å². The third-order valence-electron chi connectivity index (χ3n) is 2.80. The molecule has 0 atom stereocenters. The van der Waals surface area contributed by atoms with Gasteiger partial charge in [-0.15, -0.1) is 11.8 Å². The molecular formula is C14H11N3OS. The molecule has 0 aliphatic carbocycles. The summed E-state index contributed by atoms with van der Waals surface area (Å²) in [7, 11) is 0. The molecule has 0 bridgehead atoms. The molecule has 0 N–H and O–H groups in total. The van der Waals surface area contributed by atoms with Gasteiger partial charge in [-0.3, -0.25) is 4.79 Å². The van der Waals surface area contributed by atoms with Crippen molar-refractivity contribution in [2.75, 3.05) is 6.26 Å². The van der Waals surface area contributed by atoms with E-state index >= 15 is 0 Å². The summed E-state index contributed by atoms with van der Waals surface area (Å²) in [6, 6.07) is 9.16. The maximum atomic E-state index is 12.3. The molecule has 0 saturated carbocycles. The first kappa shape index (κ1) is 11.9. The number of carbonyl (C=O) groups excluding carboxylic acids is 1. The Bertz CT molecular complexity index is 737. The number of hydrogen-bond acceptors (Lipinski definition) is 4. The van der Waals surface area contributed by atoms with E-state index in [1.165, 1.54) is 11.8 Å². The van der Waals surface area contributed by atoms with Gasteiger partial charge in [0.25, 0.3) is 0 Å². The lowest BCUT2D eigenvalue weighted by molar-refractivity contribution is 0.103. The lowest BCUT2D eigenvalue weighted by Gasteiger charge is -1.96. The molecule has 0 fully saturated rings. The Morgan fingerprint density at radius 2 is 2.05 bits per heavy atom. The van der Waals surface area contributed by atoms with Crippen LogP contribution in [-0.4, -0.2) is 26.4 Å². The van der Waals surface area contributed by atoms with Crippen LogP contribution in [0.1, 0.15) is 16.1 Å². The average molecular weight is 269 g/mol. The number of aromatic nitrogens is 3. The van der Waals surface area contributed by atoms with Crippen molar-refractivity contribution in [1.82, 2.24) is 14.4 Å². The standard InChI is InChI=1S/C14H11N3OS/c1-19-14-13-16-11(9-17(13)8-7-15-14)12(18)10-5-3-2-4-6-10/h2-9H,1H3. The molecule has 2 aromatic heterocycles. The Kier molecular flexibility index (Phi) is 3.05. The quantitative estimate of drug-likeness (QED) is 0.542. The van der Waals surface area contributed by atoms with Gasteiger partial charge in [0, 0.05) is 24.2 Å². The highest BCUT2D eigenvalue weighted by Gasteiger charge is 2.14. The van der Waals surface area contributed by atoms with Crippen molar-refractivity contribution in [3.8, 4) is 0 Å². The summed E-state index contributed by atoms with van der Waals surface area (Å²) in [5.41, 5.74) is 1.80. The Balaban J connectivity index is 2.09. The highest BCUT2D eigenvalue weighted by atomic mass is 32.2. The van der Waals surface area contributed by atoms with E-state index in [1.807, 2.05) is 28.9 Å². The number of hydrogen-bond donors (Lipinski definition) is 0. The predicted octanol–water partition coefficient (Wildman–Crippen LogP) is 2.68. The second-order valence-corrected chi connectivity index (χ2v) is 4.78. The number of carbonyl (C=O) groups is 1. The van der Waals surface area contributed by atoms with Crippen LogP contribution in [0.3, 0.4) is 0 Å². The van der Waals surface area contributed by atoms with E-state index in [-0.39, 0.29) is 5.78 Å². The number of nitrogens with zero attached hydrogens (tertiary/aromatic N) is 3. The first-order valence-corrected chi connectivity index (χ1v) is 6.99. The fourth-order valence-electron chi connectivity index (χ4n) is 1.89. The van der Waals surface area contributed by atoms with Crippen LogP contribution in [-0.2, 0) is 0 Å². The molecule has 0 aliphatic heterocycles. The van der Waals surface area contributed by atoms with Crippen LogP contribution >= 0.6 is 11.8 Å². The van der Waals surface area contributed by atoms with E-state index in [4.69, 9.17) is 0 Å². The number of fused-ring (bicyclic) bond motifs is 1. The Morgan fingerprint density at radius 1 is 1.26 bits per heavy atom. The van der Waals surface area contributed by atoms with Crippen LogP contribution in [0.2, 0.25) is 0 Å². The number of rotatable bonds is 3. The second kappa shape index (κ2) is 4.85. The maximum absolute atomic E-state index is 12.3. The average Bonchev–Trinajstić information content (AvgIpc) is 2.91. The van der Waals surface area contributed by atoms with Gasteiger partial charge in [-0.05, 0) is 6.26 Å². The molecule has 5 heteroatoms. The van der Waals surface area contributed by atoms with Crippen LogP contribution in [0.25, 0.3) is 5.65 Å². The molecule has 0 spiro atoms. The summed E-state index contributed by atoms with van der Waals surface area (Å²) in [5.74, 6) is -0.0728. The molecule has 3 aromatic rings. The number of imidazole rings is 1. The van der Waals surface area contributed by atoms with Crippen molar-refractivity contribution in [2.24, 2.45) is 0 Å². The van der Waals surface area contributed by atoms with Gasteiger partial charge in [0.15, 0.2) is 5.65 Å². The van der Waals surface area contributed by atoms with E-state index in [9.17, 15) is 4.79 Å². The van der Waals surface area contributed by atoms with Gasteiger partial charge in [-0.2, -0.15) is 0 Å². The summed E-state index contributed by atoms with van der Waals surface area (Å²) < 4.78 is 1.83. The molecule has 19 heavy (non-hydrogen) atoms. The van der Waals surface area contributed by atoms with Crippen LogP contribution in [0.4, 0.5) is 0 Å². The molecule has 0 amide bonds. The normalized spacial score (nSPS) is 10.8. The summed E-state index contributed by atoms with van der Waals surface area (Å²) >= 11 is 1.51. The molecule has 1 aromatic carbocycles. The minimum Gasteiger partial charge on any atom is -0.303 e. The first-order valence-electron chi connectivity index (χ1n) is 5.77. The fourth-order valence-corrected chi connectivity index (χ4v) is 2.39.